The van der Waals surface area contributed by atoms with Crippen molar-refractivity contribution in [2.24, 2.45) is 0 Å². The molecule has 0 spiro atoms. The zero-order valence-electron chi connectivity index (χ0n) is 8.71. The number of oxazole rings is 1. The fraction of sp³-hybridized carbons (Fsp3) is 0.0833. The number of rotatable bonds is 2. The van der Waals surface area contributed by atoms with E-state index in [4.69, 9.17) is 4.42 Å². The number of aromatic amines is 1. The molecule has 2 aromatic heterocycles. The summed E-state index contributed by atoms with van der Waals surface area (Å²) in [6.07, 6.45) is -0.681. The maximum absolute atomic E-state index is 11.0. The van der Waals surface area contributed by atoms with Crippen molar-refractivity contribution in [1.29, 1.82) is 0 Å². The molecule has 0 aliphatic carbocycles. The first-order chi connectivity index (χ1) is 8.24. The summed E-state index contributed by atoms with van der Waals surface area (Å²) in [6, 6.07) is 8.94. The van der Waals surface area contributed by atoms with Crippen LogP contribution in [0.2, 0.25) is 0 Å². The number of H-pyrrole nitrogens is 1. The number of aromatic nitrogens is 1. The lowest BCUT2D eigenvalue weighted by Gasteiger charge is -2.07. The molecule has 3 rings (SSSR count). The molecule has 1 aromatic carbocycles. The Hall–Kier alpha value is -1.85. The second-order valence-electron chi connectivity index (χ2n) is 3.69. The van der Waals surface area contributed by atoms with Crippen LogP contribution in [0.1, 0.15) is 16.5 Å². The Balaban J connectivity index is 2.08. The first-order valence-electron chi connectivity index (χ1n) is 5.08. The van der Waals surface area contributed by atoms with E-state index in [-0.39, 0.29) is 0 Å². The average Bonchev–Trinajstić information content (AvgIpc) is 2.94. The van der Waals surface area contributed by atoms with Gasteiger partial charge in [0, 0.05) is 4.88 Å². The summed E-state index contributed by atoms with van der Waals surface area (Å²) < 4.78 is 4.96. The highest BCUT2D eigenvalue weighted by Crippen LogP contribution is 2.27. The summed E-state index contributed by atoms with van der Waals surface area (Å²) in [4.78, 5) is 14.4. The van der Waals surface area contributed by atoms with Gasteiger partial charge in [-0.25, -0.2) is 4.79 Å². The third-order valence-corrected chi connectivity index (χ3v) is 3.50. The molecule has 5 heteroatoms. The van der Waals surface area contributed by atoms with Crippen LogP contribution in [0.25, 0.3) is 11.1 Å². The molecule has 0 aliphatic rings. The van der Waals surface area contributed by atoms with Crippen LogP contribution < -0.4 is 5.76 Å². The van der Waals surface area contributed by atoms with Crippen LogP contribution in [0.3, 0.4) is 0 Å². The SMILES string of the molecule is O=c1[nH]c2ccc(C(O)c3cccs3)cc2o1. The minimum absolute atomic E-state index is 0.461. The van der Waals surface area contributed by atoms with Gasteiger partial charge in [-0.15, -0.1) is 11.3 Å². The first kappa shape index (κ1) is 10.3. The van der Waals surface area contributed by atoms with E-state index < -0.39 is 11.9 Å². The van der Waals surface area contributed by atoms with E-state index in [0.29, 0.717) is 16.7 Å². The van der Waals surface area contributed by atoms with Crippen LogP contribution in [0.5, 0.6) is 0 Å². The summed E-state index contributed by atoms with van der Waals surface area (Å²) in [5.41, 5.74) is 1.81. The van der Waals surface area contributed by atoms with Crippen molar-refractivity contribution in [2.45, 2.75) is 6.10 Å². The van der Waals surface area contributed by atoms with Gasteiger partial charge in [-0.1, -0.05) is 12.1 Å². The molecule has 0 fully saturated rings. The van der Waals surface area contributed by atoms with Gasteiger partial charge >= 0.3 is 5.76 Å². The highest BCUT2D eigenvalue weighted by molar-refractivity contribution is 7.10. The van der Waals surface area contributed by atoms with Gasteiger partial charge in [0.2, 0.25) is 0 Å². The molecule has 0 saturated carbocycles. The largest absolute Gasteiger partial charge is 0.417 e. The quantitative estimate of drug-likeness (QED) is 0.730. The van der Waals surface area contributed by atoms with Crippen LogP contribution in [-0.4, -0.2) is 10.1 Å². The van der Waals surface area contributed by atoms with Gasteiger partial charge in [0.05, 0.1) is 5.52 Å². The monoisotopic (exact) mass is 247 g/mol. The lowest BCUT2D eigenvalue weighted by Crippen LogP contribution is -1.96. The number of hydrogen-bond donors (Lipinski definition) is 2. The molecule has 0 saturated heterocycles. The standard InChI is InChI=1S/C12H9NO3S/c14-11(10-2-1-5-17-10)7-3-4-8-9(6-7)16-12(15)13-8/h1-6,11,14H,(H,13,15). The molecule has 86 valence electrons. The van der Waals surface area contributed by atoms with E-state index in [1.54, 1.807) is 18.2 Å². The lowest BCUT2D eigenvalue weighted by molar-refractivity contribution is 0.224. The summed E-state index contributed by atoms with van der Waals surface area (Å²) >= 11 is 1.49. The maximum atomic E-state index is 11.0. The van der Waals surface area contributed by atoms with Gasteiger partial charge < -0.3 is 9.52 Å². The Morgan fingerprint density at radius 3 is 3.00 bits per heavy atom. The molecule has 0 aliphatic heterocycles. The highest BCUT2D eigenvalue weighted by atomic mass is 32.1. The van der Waals surface area contributed by atoms with Crippen LogP contribution in [0, 0.1) is 0 Å². The van der Waals surface area contributed by atoms with Crippen LogP contribution >= 0.6 is 11.3 Å². The Kier molecular flexibility index (Phi) is 2.35. The minimum atomic E-state index is -0.681. The third-order valence-electron chi connectivity index (χ3n) is 2.57. The maximum Gasteiger partial charge on any atom is 0.417 e. The highest BCUT2D eigenvalue weighted by Gasteiger charge is 2.13. The Labute approximate surface area is 100 Å². The fourth-order valence-corrected chi connectivity index (χ4v) is 2.48. The number of hydrogen-bond acceptors (Lipinski definition) is 4. The van der Waals surface area contributed by atoms with Crippen molar-refractivity contribution < 1.29 is 9.52 Å². The molecular weight excluding hydrogens is 238 g/mol. The van der Waals surface area contributed by atoms with Gasteiger partial charge in [0.1, 0.15) is 6.10 Å². The molecule has 3 aromatic rings. The van der Waals surface area contributed by atoms with E-state index in [2.05, 4.69) is 4.98 Å². The number of fused-ring (bicyclic) bond motifs is 1. The second-order valence-corrected chi connectivity index (χ2v) is 4.67. The zero-order valence-corrected chi connectivity index (χ0v) is 9.53. The molecular formula is C12H9NO3S. The van der Waals surface area contributed by atoms with Gasteiger partial charge in [0.25, 0.3) is 0 Å². The number of aliphatic hydroxyl groups excluding tert-OH is 1. The molecule has 17 heavy (non-hydrogen) atoms. The summed E-state index contributed by atoms with van der Waals surface area (Å²) in [7, 11) is 0. The van der Waals surface area contributed by atoms with E-state index in [9.17, 15) is 9.90 Å². The van der Waals surface area contributed by atoms with Crippen molar-refractivity contribution >= 4 is 22.4 Å². The van der Waals surface area contributed by atoms with Crippen LogP contribution in [0.4, 0.5) is 0 Å². The molecule has 0 amide bonds. The first-order valence-corrected chi connectivity index (χ1v) is 5.96. The zero-order chi connectivity index (χ0) is 11.8. The third kappa shape index (κ3) is 1.79. The number of aliphatic hydroxyl groups is 1. The molecule has 2 N–H and O–H groups in total. The molecule has 1 atom stereocenters. The van der Waals surface area contributed by atoms with Crippen LogP contribution in [0.15, 0.2) is 44.9 Å². The van der Waals surface area contributed by atoms with Gasteiger partial charge in [-0.2, -0.15) is 0 Å². The Morgan fingerprint density at radius 1 is 1.35 bits per heavy atom. The predicted molar refractivity (Wildman–Crippen MR) is 65.2 cm³/mol. The number of nitrogens with one attached hydrogen (secondary N) is 1. The van der Waals surface area contributed by atoms with Crippen molar-refractivity contribution in [3.05, 3.63) is 56.7 Å². The van der Waals surface area contributed by atoms with Gasteiger partial charge in [-0.05, 0) is 29.1 Å². The van der Waals surface area contributed by atoms with Crippen molar-refractivity contribution in [3.63, 3.8) is 0 Å². The number of thiophene rings is 1. The topological polar surface area (TPSA) is 66.2 Å². The Morgan fingerprint density at radius 2 is 2.24 bits per heavy atom. The van der Waals surface area contributed by atoms with Crippen LogP contribution in [-0.2, 0) is 0 Å². The predicted octanol–water partition coefficient (Wildman–Crippen LogP) is 2.26. The summed E-state index contributed by atoms with van der Waals surface area (Å²) in [6.45, 7) is 0. The smallest absolute Gasteiger partial charge is 0.408 e. The Bertz CT molecular complexity index is 696. The van der Waals surface area contributed by atoms with E-state index in [1.807, 2.05) is 17.5 Å². The molecule has 0 radical (unpaired) electrons. The fourth-order valence-electron chi connectivity index (χ4n) is 1.74. The van der Waals surface area contributed by atoms with Gasteiger partial charge in [0.15, 0.2) is 5.58 Å². The van der Waals surface area contributed by atoms with Crippen molar-refractivity contribution in [2.75, 3.05) is 0 Å². The molecule has 2 heterocycles. The second kappa shape index (κ2) is 3.87. The normalized spacial score (nSPS) is 13.0. The molecule has 1 unspecified atom stereocenters. The van der Waals surface area contributed by atoms with Gasteiger partial charge in [-0.3, -0.25) is 4.98 Å². The molecule has 4 nitrogen and oxygen atoms in total. The summed E-state index contributed by atoms with van der Waals surface area (Å²) in [5.74, 6) is -0.484. The minimum Gasteiger partial charge on any atom is -0.408 e. The lowest BCUT2D eigenvalue weighted by atomic mass is 10.1. The van der Waals surface area contributed by atoms with E-state index in [1.165, 1.54) is 11.3 Å². The summed E-state index contributed by atoms with van der Waals surface area (Å²) in [5, 5.41) is 12.0. The number of benzene rings is 1. The molecule has 0 bridgehead atoms. The average molecular weight is 247 g/mol. The van der Waals surface area contributed by atoms with E-state index >= 15 is 0 Å². The van der Waals surface area contributed by atoms with Crippen molar-refractivity contribution in [3.8, 4) is 0 Å². The van der Waals surface area contributed by atoms with E-state index in [0.717, 1.165) is 4.88 Å². The van der Waals surface area contributed by atoms with Crippen molar-refractivity contribution in [1.82, 2.24) is 4.98 Å².